The molecule has 0 aliphatic heterocycles. The molecule has 2 atom stereocenters. The maximum atomic E-state index is 2.76. The van der Waals surface area contributed by atoms with Crippen molar-refractivity contribution in [2.45, 2.75) is 43.4 Å². The summed E-state index contributed by atoms with van der Waals surface area (Å²) in [6.07, 6.45) is 7.19. The molecule has 2 aliphatic rings. The van der Waals surface area contributed by atoms with Crippen molar-refractivity contribution in [3.63, 3.8) is 0 Å². The molecule has 0 saturated carbocycles. The number of hydrogen-bond acceptors (Lipinski definition) is 0. The number of benzene rings is 4. The van der Waals surface area contributed by atoms with Crippen molar-refractivity contribution >= 4 is 55.1 Å². The van der Waals surface area contributed by atoms with E-state index in [-0.39, 0.29) is 24.8 Å². The monoisotopic (exact) mass is 750 g/mol. The Bertz CT molecular complexity index is 1570. The van der Waals surface area contributed by atoms with Crippen LogP contribution in [0.15, 0.2) is 97.1 Å². The normalized spacial score (nSPS) is 17.6. The van der Waals surface area contributed by atoms with Crippen LogP contribution < -0.4 is 0 Å². The second kappa shape index (κ2) is 11.7. The molecule has 2 unspecified atom stereocenters. The summed E-state index contributed by atoms with van der Waals surface area (Å²) in [5.41, 5.74) is 14.9. The molecule has 0 bridgehead atoms. The quantitative estimate of drug-likeness (QED) is 0.172. The molecular formula is C36H40Cl2HfSi. The van der Waals surface area contributed by atoms with Gasteiger partial charge in [-0.2, -0.15) is 0 Å². The minimum absolute atomic E-state index is 0. The third kappa shape index (κ3) is 5.00. The Morgan fingerprint density at radius 1 is 0.550 bits per heavy atom. The van der Waals surface area contributed by atoms with Crippen LogP contribution in [-0.2, 0) is 30.0 Å². The number of hydrogen-bond donors (Lipinski definition) is 0. The molecule has 0 N–H and O–H groups in total. The van der Waals surface area contributed by atoms with Gasteiger partial charge in [0.2, 0.25) is 0 Å². The van der Waals surface area contributed by atoms with E-state index in [1.54, 1.807) is 22.3 Å². The fraction of sp³-hybridized carbons (Fsp3) is 0.222. The summed E-state index contributed by atoms with van der Waals surface area (Å²) in [5.74, 6) is 0. The Morgan fingerprint density at radius 2 is 0.900 bits per heavy atom. The molecular weight excluding hydrogens is 710 g/mol. The number of rotatable bonds is 6. The first-order valence-electron chi connectivity index (χ1n) is 14.2. The van der Waals surface area contributed by atoms with Gasteiger partial charge in [0.25, 0.3) is 0 Å². The van der Waals surface area contributed by atoms with E-state index in [0.717, 1.165) is 12.8 Å². The summed E-state index contributed by atoms with van der Waals surface area (Å²) in [5, 5.41) is 0. The van der Waals surface area contributed by atoms with Gasteiger partial charge in [-0.15, -0.1) is 24.8 Å². The number of allylic oxidation sites excluding steroid dienone is 2. The Labute approximate surface area is 255 Å². The molecule has 0 spiro atoms. The van der Waals surface area contributed by atoms with Gasteiger partial charge in [0.05, 0.1) is 0 Å². The maximum Gasteiger partial charge on any atom is -0.147 e. The predicted octanol–water partition coefficient (Wildman–Crippen LogP) is 9.88. The Balaban J connectivity index is 0.00000185. The molecule has 0 amide bonds. The summed E-state index contributed by atoms with van der Waals surface area (Å²) >= 11 is -3.89. The molecule has 0 fully saturated rings. The molecule has 2 aliphatic carbocycles. The second-order valence-electron chi connectivity index (χ2n) is 12.3. The van der Waals surface area contributed by atoms with Crippen molar-refractivity contribution in [2.75, 3.05) is 0 Å². The van der Waals surface area contributed by atoms with Gasteiger partial charge in [0, 0.05) is 0 Å². The van der Waals surface area contributed by atoms with E-state index in [1.807, 2.05) is 0 Å². The minimum Gasteiger partial charge on any atom is -0.147 e. The zero-order chi connectivity index (χ0) is 26.5. The topological polar surface area (TPSA) is 0 Å². The van der Waals surface area contributed by atoms with E-state index in [9.17, 15) is 0 Å². The fourth-order valence-corrected chi connectivity index (χ4v) is 34.2. The molecule has 0 heterocycles. The second-order valence-corrected chi connectivity index (χ2v) is 55.8. The summed E-state index contributed by atoms with van der Waals surface area (Å²) < 4.78 is 6.48. The van der Waals surface area contributed by atoms with Crippen LogP contribution in [0.5, 0.6) is 0 Å². The predicted molar refractivity (Wildman–Crippen MR) is 181 cm³/mol. The van der Waals surface area contributed by atoms with Crippen molar-refractivity contribution < 1.29 is 17.1 Å². The zero-order valence-corrected chi connectivity index (χ0v) is 30.6. The number of halogens is 2. The van der Waals surface area contributed by atoms with Crippen molar-refractivity contribution in [2.24, 2.45) is 0 Å². The maximum absolute atomic E-state index is 3.89. The van der Waals surface area contributed by atoms with Crippen molar-refractivity contribution in [3.05, 3.63) is 142 Å². The van der Waals surface area contributed by atoms with Crippen molar-refractivity contribution in [1.29, 1.82) is 0 Å². The summed E-state index contributed by atoms with van der Waals surface area (Å²) in [6, 6.07) is 36.8. The van der Waals surface area contributed by atoms with E-state index in [4.69, 9.17) is 0 Å². The van der Waals surface area contributed by atoms with E-state index in [0.29, 0.717) is 7.35 Å². The standard InChI is InChI=1S/2C17H15.2CH3.2ClH.Hf.H2Si/c2*1-2-13-7-5-6-10-17(13)16-11-14-8-3-4-9-15(14)12-16;;;;;;/h2*3-12H,2H2,1H3;2*1H3;2*1H;;1H2. The van der Waals surface area contributed by atoms with E-state index in [2.05, 4.69) is 139 Å². The van der Waals surface area contributed by atoms with Crippen LogP contribution in [0.25, 0.3) is 23.3 Å². The first-order valence-corrected chi connectivity index (χ1v) is 33.8. The van der Waals surface area contributed by atoms with Gasteiger partial charge in [-0.1, -0.05) is 0 Å². The molecule has 40 heavy (non-hydrogen) atoms. The van der Waals surface area contributed by atoms with Crippen LogP contribution in [0.3, 0.4) is 0 Å². The third-order valence-electron chi connectivity index (χ3n) is 9.17. The molecule has 0 radical (unpaired) electrons. The SMILES string of the molecule is CCc1ccccc1C1=Cc2ccccc2[CH]1[Hf]([CH3])([CH3])(=[SiH2])[CH]1C(c2ccccc2CC)=Cc2ccccc21.Cl.Cl. The minimum atomic E-state index is -3.89. The van der Waals surface area contributed by atoms with Crippen LogP contribution >= 0.6 is 24.8 Å². The van der Waals surface area contributed by atoms with Gasteiger partial charge in [0.15, 0.2) is 0 Å². The molecule has 206 valence electrons. The Morgan fingerprint density at radius 3 is 1.30 bits per heavy atom. The van der Waals surface area contributed by atoms with Crippen LogP contribution in [0, 0.1) is 0 Å². The summed E-state index contributed by atoms with van der Waals surface area (Å²) in [7, 11) is 0. The van der Waals surface area contributed by atoms with Crippen LogP contribution in [0.4, 0.5) is 0 Å². The molecule has 0 nitrogen and oxygen atoms in total. The Kier molecular flexibility index (Phi) is 9.08. The zero-order valence-electron chi connectivity index (χ0n) is 24.0. The third-order valence-corrected chi connectivity index (χ3v) is 34.0. The number of aryl methyl sites for hydroxylation is 2. The van der Waals surface area contributed by atoms with Gasteiger partial charge >= 0.3 is 232 Å². The van der Waals surface area contributed by atoms with Gasteiger partial charge in [-0.3, -0.25) is 0 Å². The average molecular weight is 750 g/mol. The van der Waals surface area contributed by atoms with Crippen LogP contribution in [0.1, 0.15) is 65.7 Å². The average Bonchev–Trinajstić information content (AvgIpc) is 3.53. The molecule has 4 aromatic rings. The van der Waals surface area contributed by atoms with Crippen molar-refractivity contribution in [3.8, 4) is 0 Å². The van der Waals surface area contributed by atoms with Crippen molar-refractivity contribution in [1.82, 2.24) is 0 Å². The van der Waals surface area contributed by atoms with E-state index < -0.39 is 17.1 Å². The van der Waals surface area contributed by atoms with Gasteiger partial charge in [-0.25, -0.2) is 0 Å². The molecule has 4 aromatic carbocycles. The summed E-state index contributed by atoms with van der Waals surface area (Å²) in [4.78, 5) is 0. The fourth-order valence-electron chi connectivity index (χ4n) is 7.54. The molecule has 0 aromatic heterocycles. The first-order chi connectivity index (χ1) is 18.3. The largest absolute Gasteiger partial charge is 0.147 e. The number of fused-ring (bicyclic) bond motifs is 2. The molecule has 6 rings (SSSR count). The summed E-state index contributed by atoms with van der Waals surface area (Å²) in [6.45, 7) is 7.04. The van der Waals surface area contributed by atoms with Gasteiger partial charge in [-0.05, 0) is 0 Å². The Hall–Kier alpha value is -1.97. The van der Waals surface area contributed by atoms with E-state index >= 15 is 0 Å². The molecule has 0 saturated heterocycles. The van der Waals surface area contributed by atoms with Gasteiger partial charge < -0.3 is 0 Å². The van der Waals surface area contributed by atoms with Crippen LogP contribution in [0.2, 0.25) is 9.36 Å². The smallest absolute Gasteiger partial charge is 0.147 e. The van der Waals surface area contributed by atoms with Crippen LogP contribution in [-0.4, -0.2) is 6.94 Å². The van der Waals surface area contributed by atoms with Gasteiger partial charge in [0.1, 0.15) is 0 Å². The van der Waals surface area contributed by atoms with E-state index in [1.165, 1.54) is 33.4 Å². The first kappa shape index (κ1) is 31.0. The molecule has 4 heteroatoms.